The summed E-state index contributed by atoms with van der Waals surface area (Å²) in [5, 5.41) is 44.3. The van der Waals surface area contributed by atoms with Gasteiger partial charge in [0.05, 0.1) is 132 Å². The molecule has 24 rings (SSSR count). The van der Waals surface area contributed by atoms with Crippen molar-refractivity contribution in [1.82, 2.24) is 0 Å². The molecule has 8 aromatic rings. The number of aliphatic hydroxyl groups excluding tert-OH is 4. The van der Waals surface area contributed by atoms with Gasteiger partial charge in [0.1, 0.15) is 40.3 Å². The van der Waals surface area contributed by atoms with Gasteiger partial charge in [-0.25, -0.2) is 4.79 Å². The van der Waals surface area contributed by atoms with Crippen LogP contribution in [0.2, 0.25) is 20.1 Å². The molecule has 0 aromatic heterocycles. The second kappa shape index (κ2) is 45.4. The van der Waals surface area contributed by atoms with Crippen LogP contribution >= 0.6 is 46.4 Å². The van der Waals surface area contributed by atoms with Crippen molar-refractivity contribution in [2.75, 3.05) is 153 Å². The molecule has 8 fully saturated rings. The number of ether oxygens (including phenoxy) is 12. The van der Waals surface area contributed by atoms with Crippen molar-refractivity contribution < 1.29 is 82.1 Å². The molecule has 8 aliphatic carbocycles. The first-order valence-electron chi connectivity index (χ1n) is 55.0. The van der Waals surface area contributed by atoms with E-state index in [1.807, 2.05) is 54.6 Å². The molecule has 8 aromatic carbocycles. The number of anilines is 4. The summed E-state index contributed by atoms with van der Waals surface area (Å²) in [6.45, 7) is 24.7. The van der Waals surface area contributed by atoms with Gasteiger partial charge >= 0.3 is 5.97 Å². The predicted octanol–water partition coefficient (Wildman–Crippen LogP) is 23.2. The Kier molecular flexibility index (Phi) is 32.1. The molecule has 20 atom stereocenters. The van der Waals surface area contributed by atoms with E-state index in [0.29, 0.717) is 123 Å². The van der Waals surface area contributed by atoms with Crippen LogP contribution in [0.3, 0.4) is 0 Å². The van der Waals surface area contributed by atoms with Crippen LogP contribution in [0.5, 0.6) is 23.0 Å². The molecule has 792 valence electrons. The van der Waals surface area contributed by atoms with Gasteiger partial charge in [0, 0.05) is 137 Å². The molecular formula is C123H150Cl4N4O17. The van der Waals surface area contributed by atoms with E-state index in [1.165, 1.54) is 90.1 Å². The molecule has 0 amide bonds. The lowest BCUT2D eigenvalue weighted by Crippen LogP contribution is -2.50. The van der Waals surface area contributed by atoms with Gasteiger partial charge in [-0.05, 0) is 393 Å². The van der Waals surface area contributed by atoms with E-state index in [-0.39, 0.29) is 76.5 Å². The van der Waals surface area contributed by atoms with Crippen molar-refractivity contribution in [3.05, 3.63) is 252 Å². The van der Waals surface area contributed by atoms with Gasteiger partial charge in [0.15, 0.2) is 0 Å². The van der Waals surface area contributed by atoms with E-state index >= 15 is 0 Å². The molecule has 25 heteroatoms. The summed E-state index contributed by atoms with van der Waals surface area (Å²) < 4.78 is 72.4. The molecule has 0 unspecified atom stereocenters. The summed E-state index contributed by atoms with van der Waals surface area (Å²) in [6.07, 6.45) is 28.1. The van der Waals surface area contributed by atoms with E-state index in [1.54, 1.807) is 27.4 Å². The minimum Gasteiger partial charge on any atom is -0.497 e. The van der Waals surface area contributed by atoms with Gasteiger partial charge in [-0.3, -0.25) is 0 Å². The Bertz CT molecular complexity index is 5400. The molecule has 8 heterocycles. The number of esters is 1. The molecule has 0 bridgehead atoms. The van der Waals surface area contributed by atoms with Gasteiger partial charge in [-0.2, -0.15) is 0 Å². The Morgan fingerprint density at radius 1 is 0.324 bits per heavy atom. The number of carbonyl (C=O) groups is 1. The second-order valence-corrected chi connectivity index (χ2v) is 47.6. The number of hydrogen-bond acceptors (Lipinski definition) is 21. The quantitative estimate of drug-likeness (QED) is 0.0436. The second-order valence-electron chi connectivity index (χ2n) is 45.9. The molecule has 148 heavy (non-hydrogen) atoms. The number of hydrogen-bond donors (Lipinski definition) is 4. The predicted molar refractivity (Wildman–Crippen MR) is 585 cm³/mol. The van der Waals surface area contributed by atoms with Crippen LogP contribution in [0.15, 0.2) is 165 Å². The minimum absolute atomic E-state index is 0.0909. The lowest BCUT2D eigenvalue weighted by Gasteiger charge is -2.47. The highest BCUT2D eigenvalue weighted by molar-refractivity contribution is 6.31. The van der Waals surface area contributed by atoms with Crippen LogP contribution < -0.4 is 38.5 Å². The summed E-state index contributed by atoms with van der Waals surface area (Å²) in [5.41, 5.74) is 18.2. The highest BCUT2D eigenvalue weighted by Gasteiger charge is 2.53. The lowest BCUT2D eigenvalue weighted by molar-refractivity contribution is -0.101. The average Bonchev–Trinajstić information content (AvgIpc) is 1.76. The summed E-state index contributed by atoms with van der Waals surface area (Å²) in [5.74, 6) is 9.19. The van der Waals surface area contributed by atoms with Crippen molar-refractivity contribution >= 4 is 92.4 Å². The minimum atomic E-state index is -0.342. The monoisotopic (exact) mass is 2090 g/mol. The molecule has 4 N–H and O–H groups in total. The van der Waals surface area contributed by atoms with Crippen molar-refractivity contribution in [3.63, 3.8) is 0 Å². The topological polar surface area (TPSA) is 222 Å². The molecule has 8 aliphatic heterocycles. The summed E-state index contributed by atoms with van der Waals surface area (Å²) in [4.78, 5) is 22.6. The van der Waals surface area contributed by atoms with E-state index in [2.05, 4.69) is 124 Å². The van der Waals surface area contributed by atoms with Gasteiger partial charge in [-0.1, -0.05) is 90.4 Å². The Morgan fingerprint density at radius 2 is 0.568 bits per heavy atom. The highest BCUT2D eigenvalue weighted by atomic mass is 35.5. The molecular weight excluding hydrogens is 1950 g/mol. The molecule has 0 radical (unpaired) electrons. The molecule has 21 nitrogen and oxygen atoms in total. The Morgan fingerprint density at radius 3 is 0.791 bits per heavy atom. The average molecular weight is 2100 g/mol. The zero-order valence-electron chi connectivity index (χ0n) is 86.7. The van der Waals surface area contributed by atoms with Crippen LogP contribution in [0, 0.1) is 47.3 Å². The fourth-order valence-electron chi connectivity index (χ4n) is 28.4. The lowest BCUT2D eigenvalue weighted by atomic mass is 9.67. The smallest absolute Gasteiger partial charge is 0.337 e. The number of carbonyl (C=O) groups excluding carboxylic acids is 1. The van der Waals surface area contributed by atoms with Gasteiger partial charge in [0.2, 0.25) is 0 Å². The number of aliphatic hydroxyl groups is 4. The van der Waals surface area contributed by atoms with Crippen LogP contribution in [0.25, 0.3) is 17.3 Å². The van der Waals surface area contributed by atoms with E-state index in [0.717, 1.165) is 276 Å². The van der Waals surface area contributed by atoms with E-state index in [9.17, 15) is 25.2 Å². The normalized spacial score (nSPS) is 30.9. The van der Waals surface area contributed by atoms with Crippen LogP contribution in [-0.2, 0) is 85.2 Å². The van der Waals surface area contributed by atoms with Crippen LogP contribution in [-0.4, -0.2) is 209 Å². The zero-order chi connectivity index (χ0) is 102. The third-order valence-corrected chi connectivity index (χ3v) is 38.0. The highest BCUT2D eigenvalue weighted by Crippen LogP contribution is 2.56. The standard InChI is InChI=1S/3C31H38ClNO4.C30H36ClNO5/c3*1-20(35-2)21-6-10-29-28(15-21)33(17-23-5-8-26(23)30-16-25(34)11-13-36-30)18-31(19-37-29)12-3-4-22-14-24(32)7-9-27(22)31;1-35-29(34)20-5-9-27-26(14-20)32(16-21-4-7-24(21)28-15-23(33)10-12-36-28)17-30(18-37-27)11-2-3-19-13-22(31)6-8-25(19)30/h3*6-7,9-10,14-15,23,25-26,30,34H,1,3-5,8,11-13,16-19H2,2H3;5-6,8-9,13-14,21,23-24,28,33H,2-4,7,10-12,15-18H2,1H3/t23-,25+,26+,30+,31-;23-,25+,26+,30-,31-;23-,25-,26+,30-,31-;21-,23-,24+,28+,30-/m0000/s1. The maximum absolute atomic E-state index is 12.4. The molecule has 4 spiro atoms. The largest absolute Gasteiger partial charge is 0.497 e. The van der Waals surface area contributed by atoms with E-state index in [4.69, 9.17) is 103 Å². The maximum Gasteiger partial charge on any atom is 0.337 e. The first-order chi connectivity index (χ1) is 71.8. The van der Waals surface area contributed by atoms with Crippen molar-refractivity contribution in [2.24, 2.45) is 47.3 Å². The van der Waals surface area contributed by atoms with Crippen LogP contribution in [0.4, 0.5) is 22.7 Å². The van der Waals surface area contributed by atoms with Gasteiger partial charge in [0.25, 0.3) is 0 Å². The first kappa shape index (κ1) is 105. The van der Waals surface area contributed by atoms with Crippen molar-refractivity contribution in [3.8, 4) is 23.0 Å². The fraction of sp³-hybridized carbons (Fsp3) is 0.553. The van der Waals surface area contributed by atoms with Gasteiger partial charge < -0.3 is 96.9 Å². The number of benzene rings is 8. The fourth-order valence-corrected chi connectivity index (χ4v) is 29.2. The zero-order valence-corrected chi connectivity index (χ0v) is 89.7. The molecule has 4 saturated heterocycles. The maximum atomic E-state index is 12.4. The number of halogens is 4. The number of methoxy groups -OCH3 is 4. The number of aryl methyl sites for hydroxylation is 4. The number of rotatable bonds is 19. The van der Waals surface area contributed by atoms with Crippen molar-refractivity contribution in [2.45, 2.75) is 250 Å². The summed E-state index contributed by atoms with van der Waals surface area (Å²) >= 11 is 25.6. The Labute approximate surface area is 894 Å². The Balaban J connectivity index is 0.000000116. The van der Waals surface area contributed by atoms with Gasteiger partial charge in [-0.15, -0.1) is 0 Å². The van der Waals surface area contributed by atoms with Crippen LogP contribution in [0.1, 0.15) is 226 Å². The van der Waals surface area contributed by atoms with E-state index < -0.39 is 0 Å². The first-order valence-corrected chi connectivity index (χ1v) is 56.5. The molecule has 4 saturated carbocycles. The number of fused-ring (bicyclic) bond motifs is 12. The summed E-state index contributed by atoms with van der Waals surface area (Å²) in [7, 11) is 6.41. The number of nitrogens with zero attached hydrogens (tertiary/aromatic N) is 4. The van der Waals surface area contributed by atoms with Crippen molar-refractivity contribution in [1.29, 1.82) is 0 Å². The summed E-state index contributed by atoms with van der Waals surface area (Å²) in [6, 6.07) is 50.1. The third kappa shape index (κ3) is 22.1. The molecule has 16 aliphatic rings. The Hall–Kier alpha value is -8.91. The third-order valence-electron chi connectivity index (χ3n) is 37.1. The SMILES string of the molecule is C=C(OC)c1ccc2c(c1)N(C[C@@H]1CC[C@H]1[C@@H]1C[C@@H](O)CCO1)C[C@@]1(CCCc3cc(Cl)ccc31)CO2.C=C(OC)c1ccc2c(c1)N(C[C@@H]1CC[C@H]1[C@@H]1C[C@H](O)CCO1)C[C@@]1(CCCc3cc(Cl)ccc31)CO2.C=C(OC)c1ccc2c(c1)N(C[C@@H]1CC[C@H]1[C@H]1C[C@H](O)CCO1)C[C@@]1(CCCc3cc(Cl)ccc31)CO2.COC(=O)c1ccc2c(c1)N(C[C@@H]1CC[C@H]1[C@H]1C[C@@H](O)CCO1)C[C@@]1(CCCc3cc(Cl)ccc31)CO2.